The van der Waals surface area contributed by atoms with Crippen molar-refractivity contribution >= 4 is 28.4 Å². The lowest BCUT2D eigenvalue weighted by Crippen LogP contribution is -2.17. The lowest BCUT2D eigenvalue weighted by atomic mass is 10.2. The fourth-order valence-corrected chi connectivity index (χ4v) is 1.92. The van der Waals surface area contributed by atoms with Crippen LogP contribution in [-0.2, 0) is 0 Å². The van der Waals surface area contributed by atoms with Crippen LogP contribution >= 0.6 is 11.6 Å². The molecule has 15 heavy (non-hydrogen) atoms. The molecule has 2 aromatic rings. The molecular weight excluding hydrogens is 212 g/mol. The molecule has 0 aliphatic rings. The minimum Gasteiger partial charge on any atom is -0.354 e. The van der Waals surface area contributed by atoms with E-state index < -0.39 is 0 Å². The molecule has 2 rings (SSSR count). The molecule has 0 saturated heterocycles. The van der Waals surface area contributed by atoms with Crippen LogP contribution in [-0.4, -0.2) is 17.9 Å². The molecule has 2 N–H and O–H groups in total. The van der Waals surface area contributed by atoms with Gasteiger partial charge in [0.25, 0.3) is 5.91 Å². The molecule has 0 fully saturated rings. The van der Waals surface area contributed by atoms with Gasteiger partial charge in [0.1, 0.15) is 5.69 Å². The molecule has 1 heterocycles. The third-order valence-corrected chi connectivity index (χ3v) is 2.58. The highest BCUT2D eigenvalue weighted by Gasteiger charge is 2.09. The van der Waals surface area contributed by atoms with Gasteiger partial charge in [-0.15, -0.1) is 0 Å². The third kappa shape index (κ3) is 1.70. The molecule has 4 heteroatoms. The molecule has 3 nitrogen and oxygen atoms in total. The number of carbonyl (C=O) groups is 1. The van der Waals surface area contributed by atoms with Crippen molar-refractivity contribution in [2.24, 2.45) is 0 Å². The van der Waals surface area contributed by atoms with Gasteiger partial charge in [-0.25, -0.2) is 0 Å². The molecule has 0 aliphatic carbocycles. The quantitative estimate of drug-likeness (QED) is 0.765. The van der Waals surface area contributed by atoms with E-state index in [4.69, 9.17) is 11.6 Å². The zero-order valence-electron chi connectivity index (χ0n) is 8.52. The first-order chi connectivity index (χ1) is 7.11. The maximum Gasteiger partial charge on any atom is 0.267 e. The molecule has 0 unspecified atom stereocenters. The predicted octanol–water partition coefficient (Wildman–Crippen LogP) is 2.49. The van der Waals surface area contributed by atoms with Crippen molar-refractivity contribution in [3.05, 3.63) is 34.5 Å². The number of H-pyrrole nitrogens is 1. The van der Waals surface area contributed by atoms with Crippen LogP contribution < -0.4 is 5.32 Å². The van der Waals surface area contributed by atoms with E-state index in [-0.39, 0.29) is 5.91 Å². The molecule has 1 aromatic carbocycles. The summed E-state index contributed by atoms with van der Waals surface area (Å²) in [6.45, 7) is 1.96. The van der Waals surface area contributed by atoms with E-state index in [1.807, 2.05) is 19.1 Å². The van der Waals surface area contributed by atoms with Crippen LogP contribution in [0, 0.1) is 6.92 Å². The van der Waals surface area contributed by atoms with E-state index >= 15 is 0 Å². The van der Waals surface area contributed by atoms with Crippen LogP contribution in [0.15, 0.2) is 18.2 Å². The second-order valence-corrected chi connectivity index (χ2v) is 3.89. The van der Waals surface area contributed by atoms with Gasteiger partial charge in [0.05, 0.1) is 0 Å². The van der Waals surface area contributed by atoms with Crippen LogP contribution in [0.2, 0.25) is 5.02 Å². The van der Waals surface area contributed by atoms with Crippen molar-refractivity contribution in [3.8, 4) is 0 Å². The summed E-state index contributed by atoms with van der Waals surface area (Å²) in [7, 11) is 1.60. The van der Waals surface area contributed by atoms with Crippen molar-refractivity contribution in [2.75, 3.05) is 7.05 Å². The first-order valence-corrected chi connectivity index (χ1v) is 5.00. The fourth-order valence-electron chi connectivity index (χ4n) is 1.64. The topological polar surface area (TPSA) is 44.9 Å². The monoisotopic (exact) mass is 222 g/mol. The average molecular weight is 223 g/mol. The first kappa shape index (κ1) is 10.1. The molecule has 1 aromatic heterocycles. The van der Waals surface area contributed by atoms with Crippen LogP contribution in [0.3, 0.4) is 0 Å². The van der Waals surface area contributed by atoms with Crippen molar-refractivity contribution in [1.82, 2.24) is 10.3 Å². The van der Waals surface area contributed by atoms with E-state index in [1.165, 1.54) is 0 Å². The van der Waals surface area contributed by atoms with Crippen LogP contribution in [0.1, 0.15) is 16.1 Å². The highest BCUT2D eigenvalue weighted by Crippen LogP contribution is 2.23. The smallest absolute Gasteiger partial charge is 0.267 e. The number of aromatic amines is 1. The lowest BCUT2D eigenvalue weighted by Gasteiger charge is -1.96. The summed E-state index contributed by atoms with van der Waals surface area (Å²) in [5, 5.41) is 4.21. The van der Waals surface area contributed by atoms with Crippen molar-refractivity contribution in [3.63, 3.8) is 0 Å². The lowest BCUT2D eigenvalue weighted by molar-refractivity contribution is 0.0959. The number of halogens is 1. The number of benzene rings is 1. The van der Waals surface area contributed by atoms with Gasteiger partial charge >= 0.3 is 0 Å². The summed E-state index contributed by atoms with van der Waals surface area (Å²) in [6.07, 6.45) is 0. The number of aryl methyl sites for hydroxylation is 1. The van der Waals surface area contributed by atoms with E-state index in [0.717, 1.165) is 16.5 Å². The average Bonchev–Trinajstić information content (AvgIpc) is 2.60. The summed E-state index contributed by atoms with van der Waals surface area (Å²) >= 11 is 5.93. The van der Waals surface area contributed by atoms with Gasteiger partial charge in [0.2, 0.25) is 0 Å². The Hall–Kier alpha value is -1.48. The van der Waals surface area contributed by atoms with Gasteiger partial charge in [0, 0.05) is 23.0 Å². The summed E-state index contributed by atoms with van der Waals surface area (Å²) in [5.41, 5.74) is 2.54. The largest absolute Gasteiger partial charge is 0.354 e. The second-order valence-electron chi connectivity index (χ2n) is 3.45. The first-order valence-electron chi connectivity index (χ1n) is 4.63. The van der Waals surface area contributed by atoms with Crippen LogP contribution in [0.5, 0.6) is 0 Å². The Balaban J connectivity index is 2.65. The van der Waals surface area contributed by atoms with E-state index in [1.54, 1.807) is 13.1 Å². The molecular formula is C11H11ClN2O. The standard InChI is InChI=1S/C11H11ClN2O/c1-6-3-8(12)4-7-5-9(11(15)13-2)14-10(6)7/h3-5,14H,1-2H3,(H,13,15). The number of aromatic nitrogens is 1. The molecule has 0 spiro atoms. The van der Waals surface area contributed by atoms with E-state index in [9.17, 15) is 4.79 Å². The third-order valence-electron chi connectivity index (χ3n) is 2.36. The van der Waals surface area contributed by atoms with Crippen LogP contribution in [0.25, 0.3) is 10.9 Å². The Kier molecular flexibility index (Phi) is 2.40. The predicted molar refractivity (Wildman–Crippen MR) is 61.4 cm³/mol. The molecule has 78 valence electrons. The van der Waals surface area contributed by atoms with Gasteiger partial charge in [0.15, 0.2) is 0 Å². The maximum absolute atomic E-state index is 11.4. The molecule has 0 radical (unpaired) electrons. The van der Waals surface area contributed by atoms with Crippen LogP contribution in [0.4, 0.5) is 0 Å². The number of amides is 1. The van der Waals surface area contributed by atoms with Crippen molar-refractivity contribution in [2.45, 2.75) is 6.92 Å². The van der Waals surface area contributed by atoms with Gasteiger partial charge in [-0.05, 0) is 30.7 Å². The van der Waals surface area contributed by atoms with Gasteiger partial charge < -0.3 is 10.3 Å². The molecule has 1 amide bonds. The Bertz CT molecular complexity index is 531. The van der Waals surface area contributed by atoms with Gasteiger partial charge in [-0.1, -0.05) is 11.6 Å². The molecule has 0 aliphatic heterocycles. The second kappa shape index (κ2) is 3.59. The Labute approximate surface area is 92.4 Å². The highest BCUT2D eigenvalue weighted by atomic mass is 35.5. The summed E-state index contributed by atoms with van der Waals surface area (Å²) in [5.74, 6) is -0.123. The highest BCUT2D eigenvalue weighted by molar-refractivity contribution is 6.31. The Morgan fingerprint density at radius 1 is 1.40 bits per heavy atom. The number of hydrogen-bond donors (Lipinski definition) is 2. The summed E-state index contributed by atoms with van der Waals surface area (Å²) < 4.78 is 0. The van der Waals surface area contributed by atoms with Crippen molar-refractivity contribution in [1.29, 1.82) is 0 Å². The molecule has 0 saturated carbocycles. The van der Waals surface area contributed by atoms with E-state index in [0.29, 0.717) is 10.7 Å². The molecule has 0 atom stereocenters. The van der Waals surface area contributed by atoms with E-state index in [2.05, 4.69) is 10.3 Å². The SMILES string of the molecule is CNC(=O)c1cc2cc(Cl)cc(C)c2[nH]1. The number of hydrogen-bond acceptors (Lipinski definition) is 1. The number of rotatable bonds is 1. The summed E-state index contributed by atoms with van der Waals surface area (Å²) in [4.78, 5) is 14.5. The maximum atomic E-state index is 11.4. The normalized spacial score (nSPS) is 10.6. The minimum atomic E-state index is -0.123. The minimum absolute atomic E-state index is 0.123. The van der Waals surface area contributed by atoms with Gasteiger partial charge in [-0.3, -0.25) is 4.79 Å². The number of nitrogens with one attached hydrogen (secondary N) is 2. The van der Waals surface area contributed by atoms with Gasteiger partial charge in [-0.2, -0.15) is 0 Å². The zero-order valence-corrected chi connectivity index (χ0v) is 9.27. The zero-order chi connectivity index (χ0) is 11.0. The number of fused-ring (bicyclic) bond motifs is 1. The fraction of sp³-hybridized carbons (Fsp3) is 0.182. The summed E-state index contributed by atoms with van der Waals surface area (Å²) in [6, 6.07) is 5.51. The Morgan fingerprint density at radius 2 is 2.13 bits per heavy atom. The number of carbonyl (C=O) groups excluding carboxylic acids is 1. The Morgan fingerprint density at radius 3 is 2.80 bits per heavy atom. The molecule has 0 bridgehead atoms. The van der Waals surface area contributed by atoms with Crippen molar-refractivity contribution < 1.29 is 4.79 Å².